The van der Waals surface area contributed by atoms with Crippen LogP contribution in [0.4, 0.5) is 0 Å². The predicted molar refractivity (Wildman–Crippen MR) is 74.9 cm³/mol. The Labute approximate surface area is 112 Å². The summed E-state index contributed by atoms with van der Waals surface area (Å²) in [6.45, 7) is 2.22. The van der Waals surface area contributed by atoms with Gasteiger partial charge in [0.05, 0.1) is 13.5 Å². The maximum absolute atomic E-state index is 11.2. The molecule has 0 spiro atoms. The second kappa shape index (κ2) is 8.59. The van der Waals surface area contributed by atoms with E-state index in [1.165, 1.54) is 37.7 Å². The number of rotatable bonds is 8. The van der Waals surface area contributed by atoms with E-state index in [4.69, 9.17) is 4.74 Å². The number of hydrogen-bond acceptors (Lipinski definition) is 4. The first kappa shape index (κ1) is 14.6. The van der Waals surface area contributed by atoms with Crippen molar-refractivity contribution in [2.45, 2.75) is 43.9 Å². The fraction of sp³-hybridized carbons (Fsp3) is 0.615. The number of hydrogen-bond donors (Lipinski definition) is 0. The van der Waals surface area contributed by atoms with Crippen LogP contribution in [0.15, 0.2) is 16.3 Å². The van der Waals surface area contributed by atoms with E-state index in [1.807, 2.05) is 17.1 Å². The van der Waals surface area contributed by atoms with Crippen LogP contribution in [0.25, 0.3) is 0 Å². The molecule has 0 aliphatic carbocycles. The molecule has 1 aromatic heterocycles. The summed E-state index contributed by atoms with van der Waals surface area (Å²) >= 11 is 3.50. The second-order valence-corrected chi connectivity index (χ2v) is 6.01. The highest BCUT2D eigenvalue weighted by atomic mass is 32.2. The van der Waals surface area contributed by atoms with Crippen LogP contribution in [0, 0.1) is 0 Å². The minimum Gasteiger partial charge on any atom is -0.469 e. The number of thiophene rings is 1. The molecule has 0 aliphatic heterocycles. The SMILES string of the molecule is CCCCCCSc1ccsc1CC(=O)OC. The first-order valence-electron chi connectivity index (χ1n) is 6.04. The van der Waals surface area contributed by atoms with Crippen molar-refractivity contribution in [1.29, 1.82) is 0 Å². The minimum absolute atomic E-state index is 0.153. The van der Waals surface area contributed by atoms with Gasteiger partial charge in [0.15, 0.2) is 0 Å². The van der Waals surface area contributed by atoms with Crippen LogP contribution in [-0.4, -0.2) is 18.8 Å². The van der Waals surface area contributed by atoms with E-state index in [1.54, 1.807) is 11.3 Å². The van der Waals surface area contributed by atoms with Crippen molar-refractivity contribution in [2.24, 2.45) is 0 Å². The first-order valence-corrected chi connectivity index (χ1v) is 7.90. The van der Waals surface area contributed by atoms with Gasteiger partial charge in [-0.05, 0) is 23.6 Å². The zero-order valence-corrected chi connectivity index (χ0v) is 12.2. The van der Waals surface area contributed by atoms with Gasteiger partial charge in [0.1, 0.15) is 0 Å². The van der Waals surface area contributed by atoms with Crippen LogP contribution in [0.2, 0.25) is 0 Å². The molecule has 1 heterocycles. The molecule has 0 bridgehead atoms. The standard InChI is InChI=1S/C13H20O2S2/c1-3-4-5-6-8-16-11-7-9-17-12(11)10-13(14)15-2/h7,9H,3-6,8,10H2,1-2H3. The number of methoxy groups -OCH3 is 1. The van der Waals surface area contributed by atoms with E-state index in [9.17, 15) is 4.79 Å². The lowest BCUT2D eigenvalue weighted by Crippen LogP contribution is -2.03. The lowest BCUT2D eigenvalue weighted by atomic mass is 10.2. The molecular weight excluding hydrogens is 252 g/mol. The Morgan fingerprint density at radius 1 is 1.41 bits per heavy atom. The number of esters is 1. The van der Waals surface area contributed by atoms with Crippen LogP contribution in [-0.2, 0) is 16.0 Å². The Hall–Kier alpha value is -0.480. The average molecular weight is 272 g/mol. The van der Waals surface area contributed by atoms with Crippen molar-refractivity contribution in [1.82, 2.24) is 0 Å². The molecule has 1 aromatic rings. The zero-order chi connectivity index (χ0) is 12.5. The van der Waals surface area contributed by atoms with E-state index in [2.05, 4.69) is 13.0 Å². The number of carbonyl (C=O) groups excluding carboxylic acids is 1. The third-order valence-corrected chi connectivity index (χ3v) is 4.73. The van der Waals surface area contributed by atoms with Crippen LogP contribution in [0.5, 0.6) is 0 Å². The van der Waals surface area contributed by atoms with Crippen molar-refractivity contribution in [3.8, 4) is 0 Å². The Morgan fingerprint density at radius 3 is 2.94 bits per heavy atom. The van der Waals surface area contributed by atoms with E-state index in [0.29, 0.717) is 6.42 Å². The zero-order valence-electron chi connectivity index (χ0n) is 10.5. The van der Waals surface area contributed by atoms with E-state index < -0.39 is 0 Å². The van der Waals surface area contributed by atoms with Gasteiger partial charge in [-0.2, -0.15) is 0 Å². The molecule has 0 aliphatic rings. The Kier molecular flexibility index (Phi) is 7.37. The summed E-state index contributed by atoms with van der Waals surface area (Å²) in [7, 11) is 1.44. The maximum Gasteiger partial charge on any atom is 0.310 e. The van der Waals surface area contributed by atoms with Gasteiger partial charge in [-0.3, -0.25) is 4.79 Å². The smallest absolute Gasteiger partial charge is 0.310 e. The molecule has 0 radical (unpaired) electrons. The molecule has 0 saturated carbocycles. The number of ether oxygens (including phenoxy) is 1. The molecule has 2 nitrogen and oxygen atoms in total. The highest BCUT2D eigenvalue weighted by molar-refractivity contribution is 7.99. The first-order chi connectivity index (χ1) is 8.27. The molecule has 0 atom stereocenters. The van der Waals surface area contributed by atoms with E-state index in [0.717, 1.165) is 10.6 Å². The highest BCUT2D eigenvalue weighted by Crippen LogP contribution is 2.29. The summed E-state index contributed by atoms with van der Waals surface area (Å²) in [6.07, 6.45) is 5.56. The fourth-order valence-electron chi connectivity index (χ4n) is 1.50. The molecule has 0 fully saturated rings. The Balaban J connectivity index is 2.33. The molecule has 4 heteroatoms. The van der Waals surface area contributed by atoms with Gasteiger partial charge >= 0.3 is 5.97 Å². The topological polar surface area (TPSA) is 26.3 Å². The molecular formula is C13H20O2S2. The van der Waals surface area contributed by atoms with Gasteiger partial charge in [0.25, 0.3) is 0 Å². The van der Waals surface area contributed by atoms with Crippen molar-refractivity contribution in [3.05, 3.63) is 16.3 Å². The van der Waals surface area contributed by atoms with Crippen molar-refractivity contribution >= 4 is 29.1 Å². The van der Waals surface area contributed by atoms with Crippen molar-refractivity contribution < 1.29 is 9.53 Å². The molecule has 96 valence electrons. The summed E-state index contributed by atoms with van der Waals surface area (Å²) in [5.74, 6) is 0.991. The van der Waals surface area contributed by atoms with Gasteiger partial charge in [0, 0.05) is 9.77 Å². The van der Waals surface area contributed by atoms with E-state index in [-0.39, 0.29) is 5.97 Å². The minimum atomic E-state index is -0.153. The maximum atomic E-state index is 11.2. The van der Waals surface area contributed by atoms with Crippen LogP contribution >= 0.6 is 23.1 Å². The predicted octanol–water partition coefficient (Wildman–Crippen LogP) is 4.14. The number of thioether (sulfide) groups is 1. The normalized spacial score (nSPS) is 10.5. The summed E-state index contributed by atoms with van der Waals surface area (Å²) in [5, 5.41) is 2.05. The van der Waals surface area contributed by atoms with Gasteiger partial charge in [-0.15, -0.1) is 23.1 Å². The summed E-state index contributed by atoms with van der Waals surface area (Å²) in [5.41, 5.74) is 0. The summed E-state index contributed by atoms with van der Waals surface area (Å²) in [6, 6.07) is 2.10. The molecule has 1 rings (SSSR count). The van der Waals surface area contributed by atoms with Crippen LogP contribution < -0.4 is 0 Å². The third-order valence-electron chi connectivity index (χ3n) is 2.49. The average Bonchev–Trinajstić information content (AvgIpc) is 2.76. The van der Waals surface area contributed by atoms with Gasteiger partial charge in [-0.25, -0.2) is 0 Å². The fourth-order valence-corrected chi connectivity index (χ4v) is 3.63. The molecule has 0 unspecified atom stereocenters. The van der Waals surface area contributed by atoms with Crippen LogP contribution in [0.3, 0.4) is 0 Å². The lowest BCUT2D eigenvalue weighted by molar-refractivity contribution is -0.139. The monoisotopic (exact) mass is 272 g/mol. The quantitative estimate of drug-likeness (QED) is 0.404. The molecule has 17 heavy (non-hydrogen) atoms. The largest absolute Gasteiger partial charge is 0.469 e. The van der Waals surface area contributed by atoms with Crippen LogP contribution in [0.1, 0.15) is 37.5 Å². The second-order valence-electron chi connectivity index (χ2n) is 3.87. The van der Waals surface area contributed by atoms with Crippen molar-refractivity contribution in [2.75, 3.05) is 12.9 Å². The van der Waals surface area contributed by atoms with Gasteiger partial charge in [0.2, 0.25) is 0 Å². The lowest BCUT2D eigenvalue weighted by Gasteiger charge is -2.03. The summed E-state index contributed by atoms with van der Waals surface area (Å²) < 4.78 is 4.69. The molecule has 0 amide bonds. The molecule has 0 aromatic carbocycles. The van der Waals surface area contributed by atoms with E-state index >= 15 is 0 Å². The van der Waals surface area contributed by atoms with Gasteiger partial charge < -0.3 is 4.74 Å². The van der Waals surface area contributed by atoms with Gasteiger partial charge in [-0.1, -0.05) is 26.2 Å². The molecule has 0 N–H and O–H groups in total. The number of carbonyl (C=O) groups is 1. The Morgan fingerprint density at radius 2 is 2.24 bits per heavy atom. The third kappa shape index (κ3) is 5.59. The Bertz CT molecular complexity index is 334. The summed E-state index contributed by atoms with van der Waals surface area (Å²) in [4.78, 5) is 13.6. The van der Waals surface area contributed by atoms with Crippen molar-refractivity contribution in [3.63, 3.8) is 0 Å². The molecule has 0 saturated heterocycles. The number of unbranched alkanes of at least 4 members (excludes halogenated alkanes) is 3. The highest BCUT2D eigenvalue weighted by Gasteiger charge is 2.09.